The van der Waals surface area contributed by atoms with Crippen LogP contribution in [-0.4, -0.2) is 27.6 Å². The minimum atomic E-state index is -0.0984. The van der Waals surface area contributed by atoms with Gasteiger partial charge in [0.1, 0.15) is 12.3 Å². The summed E-state index contributed by atoms with van der Waals surface area (Å²) in [6, 6.07) is 17.8. The highest BCUT2D eigenvalue weighted by molar-refractivity contribution is 7.98. The van der Waals surface area contributed by atoms with Crippen molar-refractivity contribution in [3.05, 3.63) is 78.1 Å². The standard InChI is InChI=1S/C24H24N4O2S/c1-3-17-4-8-19(9-5-17)26-23(29)15-28-22-14-25-13-12-21(22)27-24(28)31-16-18-6-10-20(30-2)11-7-18/h4-14H,3,15-16H2,1-2H3,(H,26,29). The highest BCUT2D eigenvalue weighted by atomic mass is 32.2. The van der Waals surface area contributed by atoms with Crippen molar-refractivity contribution in [1.29, 1.82) is 0 Å². The van der Waals surface area contributed by atoms with Crippen LogP contribution >= 0.6 is 11.8 Å². The molecular formula is C24H24N4O2S. The number of nitrogens with zero attached hydrogens (tertiary/aromatic N) is 3. The zero-order valence-corrected chi connectivity index (χ0v) is 18.4. The second kappa shape index (κ2) is 9.66. The second-order valence-corrected chi connectivity index (χ2v) is 8.02. The number of carbonyl (C=O) groups is 1. The van der Waals surface area contributed by atoms with Crippen LogP contribution in [0.4, 0.5) is 5.69 Å². The lowest BCUT2D eigenvalue weighted by Crippen LogP contribution is -2.19. The molecular weight excluding hydrogens is 408 g/mol. The fourth-order valence-corrected chi connectivity index (χ4v) is 4.22. The van der Waals surface area contributed by atoms with Crippen LogP contribution in [0.1, 0.15) is 18.1 Å². The van der Waals surface area contributed by atoms with E-state index in [0.717, 1.165) is 45.4 Å². The summed E-state index contributed by atoms with van der Waals surface area (Å²) >= 11 is 1.60. The van der Waals surface area contributed by atoms with Crippen molar-refractivity contribution < 1.29 is 9.53 Å². The van der Waals surface area contributed by atoms with E-state index in [4.69, 9.17) is 9.72 Å². The number of aryl methyl sites for hydroxylation is 1. The largest absolute Gasteiger partial charge is 0.497 e. The summed E-state index contributed by atoms with van der Waals surface area (Å²) < 4.78 is 7.14. The third-order valence-electron chi connectivity index (χ3n) is 4.99. The van der Waals surface area contributed by atoms with Gasteiger partial charge in [-0.05, 0) is 47.9 Å². The SMILES string of the molecule is CCc1ccc(NC(=O)Cn2c(SCc3ccc(OC)cc3)nc3ccncc32)cc1. The number of nitrogens with one attached hydrogen (secondary N) is 1. The molecule has 0 spiro atoms. The van der Waals surface area contributed by atoms with Crippen LogP contribution in [0.15, 0.2) is 72.1 Å². The van der Waals surface area contributed by atoms with Gasteiger partial charge in [0.05, 0.1) is 24.3 Å². The normalized spacial score (nSPS) is 10.9. The second-order valence-electron chi connectivity index (χ2n) is 7.08. The van der Waals surface area contributed by atoms with Crippen LogP contribution < -0.4 is 10.1 Å². The predicted octanol–water partition coefficient (Wildman–Crippen LogP) is 4.93. The first-order valence-electron chi connectivity index (χ1n) is 10.1. The number of benzene rings is 2. The molecule has 0 aliphatic heterocycles. The highest BCUT2D eigenvalue weighted by Gasteiger charge is 2.15. The predicted molar refractivity (Wildman–Crippen MR) is 125 cm³/mol. The summed E-state index contributed by atoms with van der Waals surface area (Å²) in [5.74, 6) is 1.47. The maximum atomic E-state index is 12.8. The number of hydrogen-bond acceptors (Lipinski definition) is 5. The lowest BCUT2D eigenvalue weighted by atomic mass is 10.1. The number of ether oxygens (including phenoxy) is 1. The Labute approximate surface area is 185 Å². The van der Waals surface area contributed by atoms with E-state index in [-0.39, 0.29) is 12.5 Å². The number of imidazole rings is 1. The van der Waals surface area contributed by atoms with Crippen LogP contribution in [-0.2, 0) is 23.5 Å². The van der Waals surface area contributed by atoms with Gasteiger partial charge in [0, 0.05) is 17.6 Å². The average Bonchev–Trinajstić information content (AvgIpc) is 3.15. The molecule has 0 saturated carbocycles. The number of fused-ring (bicyclic) bond motifs is 1. The summed E-state index contributed by atoms with van der Waals surface area (Å²) in [5, 5.41) is 3.77. The van der Waals surface area contributed by atoms with E-state index < -0.39 is 0 Å². The molecule has 0 aliphatic carbocycles. The number of methoxy groups -OCH3 is 1. The molecule has 1 N–H and O–H groups in total. The molecule has 0 unspecified atom stereocenters. The van der Waals surface area contributed by atoms with E-state index >= 15 is 0 Å². The number of hydrogen-bond donors (Lipinski definition) is 1. The highest BCUT2D eigenvalue weighted by Crippen LogP contribution is 2.27. The maximum absolute atomic E-state index is 12.8. The molecule has 0 radical (unpaired) electrons. The van der Waals surface area contributed by atoms with Gasteiger partial charge in [0.2, 0.25) is 5.91 Å². The molecule has 2 aromatic heterocycles. The monoisotopic (exact) mass is 432 g/mol. The molecule has 0 aliphatic rings. The van der Waals surface area contributed by atoms with Crippen LogP contribution in [0, 0.1) is 0 Å². The van der Waals surface area contributed by atoms with Gasteiger partial charge in [-0.15, -0.1) is 0 Å². The number of amides is 1. The van der Waals surface area contributed by atoms with Gasteiger partial charge in [-0.3, -0.25) is 9.78 Å². The molecule has 0 bridgehead atoms. The number of anilines is 1. The Bertz CT molecular complexity index is 1170. The van der Waals surface area contributed by atoms with Crippen molar-refractivity contribution in [2.24, 2.45) is 0 Å². The third-order valence-corrected chi connectivity index (χ3v) is 6.04. The Hall–Kier alpha value is -3.32. The van der Waals surface area contributed by atoms with Gasteiger partial charge >= 0.3 is 0 Å². The molecule has 31 heavy (non-hydrogen) atoms. The van der Waals surface area contributed by atoms with Crippen molar-refractivity contribution in [1.82, 2.24) is 14.5 Å². The quantitative estimate of drug-likeness (QED) is 0.400. The third kappa shape index (κ3) is 5.06. The van der Waals surface area contributed by atoms with Gasteiger partial charge < -0.3 is 14.6 Å². The minimum absolute atomic E-state index is 0.0984. The summed E-state index contributed by atoms with van der Waals surface area (Å²) in [6.45, 7) is 2.28. The van der Waals surface area contributed by atoms with E-state index in [1.165, 1.54) is 5.56 Å². The fourth-order valence-electron chi connectivity index (χ4n) is 3.25. The van der Waals surface area contributed by atoms with Crippen LogP contribution in [0.2, 0.25) is 0 Å². The zero-order valence-electron chi connectivity index (χ0n) is 17.5. The Morgan fingerprint density at radius 2 is 1.81 bits per heavy atom. The van der Waals surface area contributed by atoms with Gasteiger partial charge in [-0.25, -0.2) is 4.98 Å². The first kappa shape index (κ1) is 20.9. The van der Waals surface area contributed by atoms with Crippen LogP contribution in [0.3, 0.4) is 0 Å². The molecule has 0 saturated heterocycles. The van der Waals surface area contributed by atoms with Gasteiger partial charge in [0.15, 0.2) is 5.16 Å². The number of rotatable bonds is 8. The van der Waals surface area contributed by atoms with E-state index in [9.17, 15) is 4.79 Å². The topological polar surface area (TPSA) is 69.0 Å². The molecule has 0 atom stereocenters. The van der Waals surface area contributed by atoms with Gasteiger partial charge in [-0.2, -0.15) is 0 Å². The van der Waals surface area contributed by atoms with Crippen molar-refractivity contribution in [3.8, 4) is 5.75 Å². The molecule has 4 aromatic rings. The molecule has 7 heteroatoms. The molecule has 158 valence electrons. The summed E-state index contributed by atoms with van der Waals surface area (Å²) in [5.41, 5.74) is 4.85. The zero-order chi connectivity index (χ0) is 21.6. The smallest absolute Gasteiger partial charge is 0.244 e. The average molecular weight is 433 g/mol. The molecule has 1 amide bonds. The van der Waals surface area contributed by atoms with E-state index in [0.29, 0.717) is 0 Å². The van der Waals surface area contributed by atoms with Crippen molar-refractivity contribution in [2.75, 3.05) is 12.4 Å². The minimum Gasteiger partial charge on any atom is -0.497 e. The molecule has 4 rings (SSSR count). The lowest BCUT2D eigenvalue weighted by Gasteiger charge is -2.10. The van der Waals surface area contributed by atoms with E-state index in [1.54, 1.807) is 31.3 Å². The Morgan fingerprint density at radius 1 is 1.06 bits per heavy atom. The summed E-state index contributed by atoms with van der Waals surface area (Å²) in [6.07, 6.45) is 4.44. The molecule has 2 aromatic carbocycles. The van der Waals surface area contributed by atoms with Gasteiger partial charge in [0.25, 0.3) is 0 Å². The molecule has 0 fully saturated rings. The maximum Gasteiger partial charge on any atom is 0.244 e. The van der Waals surface area contributed by atoms with Crippen LogP contribution in [0.25, 0.3) is 11.0 Å². The number of pyridine rings is 1. The van der Waals surface area contributed by atoms with Crippen LogP contribution in [0.5, 0.6) is 5.75 Å². The van der Waals surface area contributed by atoms with Crippen molar-refractivity contribution in [2.45, 2.75) is 30.8 Å². The lowest BCUT2D eigenvalue weighted by molar-refractivity contribution is -0.116. The number of thioether (sulfide) groups is 1. The summed E-state index contributed by atoms with van der Waals surface area (Å²) in [7, 11) is 1.66. The Kier molecular flexibility index (Phi) is 6.52. The number of aromatic nitrogens is 3. The summed E-state index contributed by atoms with van der Waals surface area (Å²) in [4.78, 5) is 21.7. The molecule has 6 nitrogen and oxygen atoms in total. The fraction of sp³-hybridized carbons (Fsp3) is 0.208. The first-order chi connectivity index (χ1) is 15.2. The first-order valence-corrected chi connectivity index (χ1v) is 11.1. The van der Waals surface area contributed by atoms with E-state index in [2.05, 4.69) is 17.2 Å². The Morgan fingerprint density at radius 3 is 2.52 bits per heavy atom. The van der Waals surface area contributed by atoms with Crippen molar-refractivity contribution in [3.63, 3.8) is 0 Å². The van der Waals surface area contributed by atoms with Gasteiger partial charge in [-0.1, -0.05) is 43.0 Å². The van der Waals surface area contributed by atoms with E-state index in [1.807, 2.05) is 59.2 Å². The molecule has 2 heterocycles. The number of carbonyl (C=O) groups excluding carboxylic acids is 1. The van der Waals surface area contributed by atoms with Crippen molar-refractivity contribution >= 4 is 34.4 Å². The Balaban J connectivity index is 1.51.